The van der Waals surface area contributed by atoms with Crippen molar-refractivity contribution in [1.29, 1.82) is 0 Å². The Bertz CT molecular complexity index is 902. The molecule has 0 radical (unpaired) electrons. The molecule has 2 N–H and O–H groups in total. The molecule has 28 heavy (non-hydrogen) atoms. The van der Waals surface area contributed by atoms with Crippen molar-refractivity contribution < 1.29 is 19.4 Å². The first-order valence-electron chi connectivity index (χ1n) is 9.02. The van der Waals surface area contributed by atoms with Gasteiger partial charge in [0.15, 0.2) is 0 Å². The second-order valence-electron chi connectivity index (χ2n) is 7.74. The summed E-state index contributed by atoms with van der Waals surface area (Å²) in [5, 5.41) is 11.4. The fourth-order valence-electron chi connectivity index (χ4n) is 3.44. The van der Waals surface area contributed by atoms with Crippen molar-refractivity contribution in [2.24, 2.45) is 5.92 Å². The molecule has 0 aliphatic carbocycles. The molecule has 0 spiro atoms. The Balaban J connectivity index is 1.86. The number of carbonyl (C=O) groups is 1. The first-order valence-corrected chi connectivity index (χ1v) is 10.6. The maximum atomic E-state index is 10.9. The van der Waals surface area contributed by atoms with Crippen molar-refractivity contribution >= 4 is 40.4 Å². The van der Waals surface area contributed by atoms with E-state index in [0.717, 1.165) is 23.3 Å². The molecule has 1 aliphatic rings. The monoisotopic (exact) mass is 466 g/mol. The second-order valence-corrected chi connectivity index (χ2v) is 11.0. The zero-order chi connectivity index (χ0) is 20.5. The molecule has 0 fully saturated rings. The van der Waals surface area contributed by atoms with E-state index in [1.807, 2.05) is 18.2 Å². The minimum atomic E-state index is -1.22. The number of nitrogens with one attached hydrogen (secondary N) is 1. The average Bonchev–Trinajstić information content (AvgIpc) is 2.60. The second kappa shape index (κ2) is 8.22. The predicted octanol–water partition coefficient (Wildman–Crippen LogP) is 4.62. The number of nitrogens with zero attached hydrogens (tertiary/aromatic N) is 1. The van der Waals surface area contributed by atoms with E-state index in [9.17, 15) is 4.79 Å². The van der Waals surface area contributed by atoms with Gasteiger partial charge in [0.1, 0.15) is 0 Å². The summed E-state index contributed by atoms with van der Waals surface area (Å²) in [4.78, 5) is 15.0. The summed E-state index contributed by atoms with van der Waals surface area (Å²) in [5.41, 5.74) is 2.46. The Morgan fingerprint density at radius 2 is 2.25 bits per heavy atom. The Morgan fingerprint density at radius 1 is 1.50 bits per heavy atom. The van der Waals surface area contributed by atoms with Crippen molar-refractivity contribution in [2.45, 2.75) is 38.0 Å². The van der Waals surface area contributed by atoms with Crippen molar-refractivity contribution in [3.05, 3.63) is 35.0 Å². The number of aromatic nitrogens is 1. The molecule has 0 saturated carbocycles. The molecule has 150 valence electrons. The third kappa shape index (κ3) is 4.73. The van der Waals surface area contributed by atoms with Crippen molar-refractivity contribution in [2.75, 3.05) is 11.9 Å². The Morgan fingerprint density at radius 3 is 2.93 bits per heavy atom. The maximum absolute atomic E-state index is 10.9. The number of hydrogen-bond acceptors (Lipinski definition) is 4. The molecular formula is C20H24AsClN2O4. The molecule has 8 heteroatoms. The SMILES string of the molecule is CC(C)CC(C)([AsH2])COc1ccc2c(c1)COc1cnc(NC(=O)O)c(Cl)c1-2. The van der Waals surface area contributed by atoms with Crippen LogP contribution in [0.4, 0.5) is 10.6 Å². The molecule has 0 bridgehead atoms. The van der Waals surface area contributed by atoms with Crippen LogP contribution in [0.25, 0.3) is 11.1 Å². The van der Waals surface area contributed by atoms with Gasteiger partial charge in [-0.2, -0.15) is 0 Å². The summed E-state index contributed by atoms with van der Waals surface area (Å²) in [5.74, 6) is 2.02. The topological polar surface area (TPSA) is 80.7 Å². The van der Waals surface area contributed by atoms with E-state index < -0.39 is 6.09 Å². The number of anilines is 1. The summed E-state index contributed by atoms with van der Waals surface area (Å²) in [6.45, 7) is 7.70. The van der Waals surface area contributed by atoms with E-state index in [0.29, 0.717) is 30.4 Å². The van der Waals surface area contributed by atoms with E-state index in [4.69, 9.17) is 26.2 Å². The van der Waals surface area contributed by atoms with Crippen molar-refractivity contribution in [3.8, 4) is 22.6 Å². The summed E-state index contributed by atoms with van der Waals surface area (Å²) >= 11 is 8.10. The third-order valence-electron chi connectivity index (χ3n) is 4.38. The van der Waals surface area contributed by atoms with E-state index >= 15 is 0 Å². The van der Waals surface area contributed by atoms with Crippen molar-refractivity contribution in [3.63, 3.8) is 0 Å². The third-order valence-corrected chi connectivity index (χ3v) is 5.59. The van der Waals surface area contributed by atoms with Crippen LogP contribution in [0.3, 0.4) is 0 Å². The van der Waals surface area contributed by atoms with E-state index in [-0.39, 0.29) is 15.0 Å². The molecular weight excluding hydrogens is 443 g/mol. The first kappa shape index (κ1) is 20.8. The van der Waals surface area contributed by atoms with Gasteiger partial charge in [-0.25, -0.2) is 4.79 Å². The zero-order valence-electron chi connectivity index (χ0n) is 16.1. The van der Waals surface area contributed by atoms with Crippen LogP contribution in [0, 0.1) is 5.92 Å². The number of rotatable bonds is 6. The van der Waals surface area contributed by atoms with E-state index in [2.05, 4.69) is 31.1 Å². The van der Waals surface area contributed by atoms with Crippen LogP contribution in [0.2, 0.25) is 9.23 Å². The van der Waals surface area contributed by atoms with Gasteiger partial charge in [0.25, 0.3) is 0 Å². The number of ether oxygens (including phenoxy) is 2. The molecule has 1 amide bonds. The summed E-state index contributed by atoms with van der Waals surface area (Å²) in [6, 6.07) is 5.80. The number of pyridine rings is 1. The van der Waals surface area contributed by atoms with Crippen LogP contribution in [0.15, 0.2) is 24.4 Å². The summed E-state index contributed by atoms with van der Waals surface area (Å²) in [6.07, 6.45) is 1.37. The van der Waals surface area contributed by atoms with Gasteiger partial charge < -0.3 is 5.11 Å². The molecule has 1 aromatic carbocycles. The molecule has 2 atom stereocenters. The molecule has 1 aromatic heterocycles. The fourth-order valence-corrected chi connectivity index (χ4v) is 4.89. The molecule has 0 saturated heterocycles. The predicted molar refractivity (Wildman–Crippen MR) is 113 cm³/mol. The Hall–Kier alpha value is -1.91. The normalized spacial score (nSPS) is 14.5. The van der Waals surface area contributed by atoms with Crippen LogP contribution in [0.1, 0.15) is 32.8 Å². The van der Waals surface area contributed by atoms with Crippen LogP contribution < -0.4 is 14.8 Å². The number of halogens is 1. The quantitative estimate of drug-likeness (QED) is 0.607. The van der Waals surface area contributed by atoms with Crippen LogP contribution in [0.5, 0.6) is 11.5 Å². The number of fused-ring (bicyclic) bond motifs is 3. The number of benzene rings is 1. The van der Waals surface area contributed by atoms with Crippen LogP contribution in [-0.2, 0) is 6.61 Å². The van der Waals surface area contributed by atoms with Gasteiger partial charge >= 0.3 is 168 Å². The Labute approximate surface area is 178 Å². The summed E-state index contributed by atoms with van der Waals surface area (Å²) in [7, 11) is 0. The molecule has 2 unspecified atom stereocenters. The molecule has 2 aromatic rings. The van der Waals surface area contributed by atoms with Gasteiger partial charge in [-0.15, -0.1) is 0 Å². The number of amides is 1. The first-order chi connectivity index (χ1) is 13.2. The standard InChI is InChI=1S/C20H24AsClN2O4/c1-11(2)7-20(3,21)10-28-13-4-5-14-12(6-13)9-27-15-8-23-18(24-19(25)26)17(22)16(14)15/h4-6,8,11H,7,9-10,21H2,1-3H3,(H,23,24)(H,25,26). The minimum absolute atomic E-state index is 0.0855. The van der Waals surface area contributed by atoms with Gasteiger partial charge in [0.2, 0.25) is 0 Å². The summed E-state index contributed by atoms with van der Waals surface area (Å²) < 4.78 is 12.0. The van der Waals surface area contributed by atoms with Crippen molar-refractivity contribution in [1.82, 2.24) is 4.98 Å². The van der Waals surface area contributed by atoms with E-state index in [1.54, 1.807) is 16.9 Å². The fraction of sp³-hybridized carbons (Fsp3) is 0.400. The van der Waals surface area contributed by atoms with Gasteiger partial charge in [-0.3, -0.25) is 0 Å². The van der Waals surface area contributed by atoms with Gasteiger partial charge in [0, 0.05) is 0 Å². The average molecular weight is 467 g/mol. The molecule has 1 aliphatic heterocycles. The molecule has 2 heterocycles. The van der Waals surface area contributed by atoms with Gasteiger partial charge in [0.05, 0.1) is 0 Å². The number of carboxylic acid groups (broad SMARTS) is 1. The molecule has 3 rings (SSSR count). The number of hydrogen-bond donors (Lipinski definition) is 2. The van der Waals surface area contributed by atoms with Gasteiger partial charge in [-0.1, -0.05) is 0 Å². The van der Waals surface area contributed by atoms with Gasteiger partial charge in [-0.05, 0) is 0 Å². The van der Waals surface area contributed by atoms with E-state index in [1.165, 1.54) is 6.20 Å². The Kier molecular flexibility index (Phi) is 6.11. The van der Waals surface area contributed by atoms with Crippen LogP contribution >= 0.6 is 11.6 Å². The zero-order valence-corrected chi connectivity index (χ0v) is 19.3. The van der Waals surface area contributed by atoms with Crippen LogP contribution in [-0.4, -0.2) is 39.6 Å². The molecule has 6 nitrogen and oxygen atoms in total.